The molecule has 0 fully saturated rings. The van der Waals surface area contributed by atoms with E-state index in [2.05, 4.69) is 6.92 Å². The van der Waals surface area contributed by atoms with Crippen molar-refractivity contribution >= 4 is 5.97 Å². The SMILES string of the molecule is CCCCCCCCCCCCCCCCCCCCCCOCCOCCOCCOCCOCCOCCOCCOCCOCCOCCOCCC(=O)O. The summed E-state index contributed by atoms with van der Waals surface area (Å²) in [5.41, 5.74) is 0. The van der Waals surface area contributed by atoms with Crippen molar-refractivity contribution in [3.63, 3.8) is 0 Å². The number of ether oxygens (including phenoxy) is 11. The van der Waals surface area contributed by atoms with E-state index in [1.807, 2.05) is 0 Å². The second kappa shape index (κ2) is 54.0. The number of rotatable bonds is 54. The molecule has 0 aliphatic rings. The average molecular weight is 839 g/mol. The normalized spacial score (nSPS) is 11.6. The molecule has 0 saturated heterocycles. The summed E-state index contributed by atoms with van der Waals surface area (Å²) in [7, 11) is 0. The first-order chi connectivity index (χ1) is 28.8. The molecule has 0 aromatic rings. The second-order valence-electron chi connectivity index (χ2n) is 14.6. The molecule has 13 nitrogen and oxygen atoms in total. The van der Waals surface area contributed by atoms with Crippen LogP contribution in [0.1, 0.15) is 142 Å². The maximum absolute atomic E-state index is 10.4. The van der Waals surface area contributed by atoms with Gasteiger partial charge in [0.05, 0.1) is 145 Å². The number of unbranched alkanes of at least 4 members (excludes halogenated alkanes) is 19. The quantitative estimate of drug-likeness (QED) is 0.0587. The van der Waals surface area contributed by atoms with Crippen molar-refractivity contribution in [1.82, 2.24) is 0 Å². The van der Waals surface area contributed by atoms with Gasteiger partial charge in [-0.1, -0.05) is 129 Å². The van der Waals surface area contributed by atoms with E-state index in [4.69, 9.17) is 57.2 Å². The number of carbonyl (C=O) groups is 1. The molecule has 0 aromatic carbocycles. The Bertz CT molecular complexity index is 749. The zero-order chi connectivity index (χ0) is 41.8. The third-order valence-corrected chi connectivity index (χ3v) is 9.32. The van der Waals surface area contributed by atoms with Crippen molar-refractivity contribution in [2.24, 2.45) is 0 Å². The fourth-order valence-corrected chi connectivity index (χ4v) is 5.92. The molecule has 0 saturated carbocycles. The minimum Gasteiger partial charge on any atom is -0.481 e. The van der Waals surface area contributed by atoms with Crippen LogP contribution >= 0.6 is 0 Å². The highest BCUT2D eigenvalue weighted by Crippen LogP contribution is 2.15. The first-order valence-corrected chi connectivity index (χ1v) is 23.3. The molecular weight excluding hydrogens is 748 g/mol. The molecule has 0 spiro atoms. The van der Waals surface area contributed by atoms with Gasteiger partial charge in [0.2, 0.25) is 0 Å². The largest absolute Gasteiger partial charge is 0.481 e. The molecular formula is C45H90O13. The van der Waals surface area contributed by atoms with Crippen LogP contribution in [0.3, 0.4) is 0 Å². The van der Waals surface area contributed by atoms with Gasteiger partial charge >= 0.3 is 5.97 Å². The van der Waals surface area contributed by atoms with E-state index in [9.17, 15) is 4.79 Å². The van der Waals surface area contributed by atoms with Crippen LogP contribution in [0.5, 0.6) is 0 Å². The molecule has 0 bridgehead atoms. The Balaban J connectivity index is 3.06. The van der Waals surface area contributed by atoms with Gasteiger partial charge in [0.25, 0.3) is 0 Å². The van der Waals surface area contributed by atoms with Crippen LogP contribution < -0.4 is 0 Å². The zero-order valence-corrected chi connectivity index (χ0v) is 37.3. The maximum atomic E-state index is 10.4. The predicted molar refractivity (Wildman–Crippen MR) is 229 cm³/mol. The van der Waals surface area contributed by atoms with Crippen LogP contribution in [0.2, 0.25) is 0 Å². The minimum absolute atomic E-state index is 0.000828. The lowest BCUT2D eigenvalue weighted by Gasteiger charge is -2.09. The topological polar surface area (TPSA) is 139 Å². The monoisotopic (exact) mass is 839 g/mol. The third kappa shape index (κ3) is 55.0. The summed E-state index contributed by atoms with van der Waals surface area (Å²) in [4.78, 5) is 10.4. The molecule has 0 aliphatic carbocycles. The van der Waals surface area contributed by atoms with E-state index in [-0.39, 0.29) is 13.0 Å². The molecule has 1 N–H and O–H groups in total. The predicted octanol–water partition coefficient (Wildman–Crippen LogP) is 8.47. The molecule has 0 heterocycles. The van der Waals surface area contributed by atoms with Crippen LogP contribution in [0.15, 0.2) is 0 Å². The summed E-state index contributed by atoms with van der Waals surface area (Å²) in [6.07, 6.45) is 28.0. The summed E-state index contributed by atoms with van der Waals surface area (Å²) in [5.74, 6) is -0.870. The Hall–Kier alpha value is -0.970. The Morgan fingerprint density at radius 1 is 0.259 bits per heavy atom. The lowest BCUT2D eigenvalue weighted by atomic mass is 10.0. The summed E-state index contributed by atoms with van der Waals surface area (Å²) < 4.78 is 60.2. The number of hydrogen-bond donors (Lipinski definition) is 1. The zero-order valence-electron chi connectivity index (χ0n) is 37.3. The lowest BCUT2D eigenvalue weighted by Crippen LogP contribution is -2.15. The first-order valence-electron chi connectivity index (χ1n) is 23.3. The van der Waals surface area contributed by atoms with Crippen LogP contribution in [-0.4, -0.2) is 156 Å². The molecule has 13 heteroatoms. The molecule has 0 radical (unpaired) electrons. The molecule has 0 amide bonds. The average Bonchev–Trinajstić information content (AvgIpc) is 3.22. The Kier molecular flexibility index (Phi) is 53.1. The molecule has 0 atom stereocenters. The Labute approximate surface area is 354 Å². The number of carboxylic acid groups (broad SMARTS) is 1. The second-order valence-corrected chi connectivity index (χ2v) is 14.6. The van der Waals surface area contributed by atoms with Crippen LogP contribution in [0.25, 0.3) is 0 Å². The lowest BCUT2D eigenvalue weighted by molar-refractivity contribution is -0.138. The van der Waals surface area contributed by atoms with Gasteiger partial charge < -0.3 is 57.2 Å². The van der Waals surface area contributed by atoms with E-state index < -0.39 is 5.97 Å². The fraction of sp³-hybridized carbons (Fsp3) is 0.978. The molecule has 348 valence electrons. The highest BCUT2D eigenvalue weighted by atomic mass is 16.6. The summed E-state index contributed by atoms with van der Waals surface area (Å²) >= 11 is 0. The molecule has 0 aliphatic heterocycles. The van der Waals surface area contributed by atoms with E-state index >= 15 is 0 Å². The van der Waals surface area contributed by atoms with Crippen molar-refractivity contribution < 1.29 is 62.0 Å². The van der Waals surface area contributed by atoms with Gasteiger partial charge in [-0.3, -0.25) is 4.79 Å². The van der Waals surface area contributed by atoms with Crippen LogP contribution in [0.4, 0.5) is 0 Å². The van der Waals surface area contributed by atoms with Gasteiger partial charge in [-0.15, -0.1) is 0 Å². The summed E-state index contributed by atoms with van der Waals surface area (Å²) in [6, 6.07) is 0. The number of aliphatic carboxylic acids is 1. The summed E-state index contributed by atoms with van der Waals surface area (Å²) in [5, 5.41) is 8.51. The fourth-order valence-electron chi connectivity index (χ4n) is 5.92. The van der Waals surface area contributed by atoms with Crippen molar-refractivity contribution in [2.75, 3.05) is 145 Å². The number of carboxylic acids is 1. The van der Waals surface area contributed by atoms with E-state index in [1.54, 1.807) is 0 Å². The third-order valence-electron chi connectivity index (χ3n) is 9.32. The maximum Gasteiger partial charge on any atom is 0.305 e. The van der Waals surface area contributed by atoms with Crippen LogP contribution in [-0.2, 0) is 56.9 Å². The molecule has 0 unspecified atom stereocenters. The minimum atomic E-state index is -0.870. The Morgan fingerprint density at radius 2 is 0.431 bits per heavy atom. The van der Waals surface area contributed by atoms with Gasteiger partial charge in [0.1, 0.15) is 0 Å². The van der Waals surface area contributed by atoms with Gasteiger partial charge in [0, 0.05) is 6.61 Å². The molecule has 0 aromatic heterocycles. The van der Waals surface area contributed by atoms with E-state index in [0.29, 0.717) is 132 Å². The van der Waals surface area contributed by atoms with Gasteiger partial charge in [0.15, 0.2) is 0 Å². The smallest absolute Gasteiger partial charge is 0.305 e. The van der Waals surface area contributed by atoms with Gasteiger partial charge in [-0.2, -0.15) is 0 Å². The van der Waals surface area contributed by atoms with Crippen molar-refractivity contribution in [3.8, 4) is 0 Å². The Morgan fingerprint density at radius 3 is 0.638 bits per heavy atom. The van der Waals surface area contributed by atoms with Crippen molar-refractivity contribution in [2.45, 2.75) is 142 Å². The van der Waals surface area contributed by atoms with Gasteiger partial charge in [-0.05, 0) is 6.42 Å². The molecule has 0 rings (SSSR count). The van der Waals surface area contributed by atoms with E-state index in [0.717, 1.165) is 13.0 Å². The molecule has 58 heavy (non-hydrogen) atoms. The first kappa shape index (κ1) is 57.0. The highest BCUT2D eigenvalue weighted by molar-refractivity contribution is 5.66. The number of hydrogen-bond acceptors (Lipinski definition) is 12. The standard InChI is InChI=1S/C45H90O13/c1-2-3-4-5-6-7-8-9-10-11-12-13-14-15-16-17-18-19-20-21-23-48-25-27-50-29-31-52-33-35-54-37-39-56-41-43-58-44-42-57-40-38-55-36-34-53-32-30-51-28-26-49-24-22-45(46)47/h2-44H2,1H3,(H,46,47). The van der Waals surface area contributed by atoms with Crippen LogP contribution in [0, 0.1) is 0 Å². The summed E-state index contributed by atoms with van der Waals surface area (Å²) in [6.45, 7) is 13.4. The van der Waals surface area contributed by atoms with E-state index in [1.165, 1.54) is 122 Å². The van der Waals surface area contributed by atoms with Crippen molar-refractivity contribution in [1.29, 1.82) is 0 Å². The highest BCUT2D eigenvalue weighted by Gasteiger charge is 1.99. The van der Waals surface area contributed by atoms with Crippen molar-refractivity contribution in [3.05, 3.63) is 0 Å². The van der Waals surface area contributed by atoms with Gasteiger partial charge in [-0.25, -0.2) is 0 Å².